The van der Waals surface area contributed by atoms with Crippen LogP contribution in [0, 0.1) is 10.1 Å². The number of nitro benzene ring substituents is 1. The Bertz CT molecular complexity index is 1340. The van der Waals surface area contributed by atoms with E-state index < -0.39 is 28.3 Å². The third-order valence-electron chi connectivity index (χ3n) is 5.76. The maximum atomic E-state index is 12.9. The van der Waals surface area contributed by atoms with Crippen molar-refractivity contribution >= 4 is 34.5 Å². The topological polar surface area (TPSA) is 148 Å². The zero-order chi connectivity index (χ0) is 26.0. The Kier molecular flexibility index (Phi) is 6.73. The number of amides is 2. The van der Waals surface area contributed by atoms with Crippen molar-refractivity contribution in [3.63, 3.8) is 0 Å². The first-order valence-corrected chi connectivity index (χ1v) is 11.6. The molecule has 1 saturated heterocycles. The van der Waals surface area contributed by atoms with Gasteiger partial charge in [0.25, 0.3) is 11.6 Å². The van der Waals surface area contributed by atoms with E-state index in [9.17, 15) is 24.5 Å². The molecule has 0 saturated carbocycles. The number of non-ortho nitro benzene ring substituents is 1. The van der Waals surface area contributed by atoms with Gasteiger partial charge in [0, 0.05) is 24.2 Å². The summed E-state index contributed by atoms with van der Waals surface area (Å²) in [6.45, 7) is 5.65. The van der Waals surface area contributed by atoms with Gasteiger partial charge in [-0.15, -0.1) is 0 Å². The van der Waals surface area contributed by atoms with Crippen molar-refractivity contribution in [2.24, 2.45) is 0 Å². The van der Waals surface area contributed by atoms with E-state index >= 15 is 0 Å². The van der Waals surface area contributed by atoms with Crippen LogP contribution in [-0.2, 0) is 4.74 Å². The predicted octanol–water partition coefficient (Wildman–Crippen LogP) is 4.16. The minimum atomic E-state index is -0.620. The Hall–Kier alpha value is -4.28. The van der Waals surface area contributed by atoms with Crippen LogP contribution < -0.4 is 5.32 Å². The molecule has 2 amide bonds. The number of aromatic nitrogens is 2. The molecule has 0 aliphatic carbocycles. The van der Waals surface area contributed by atoms with Crippen molar-refractivity contribution in [2.45, 2.75) is 45.3 Å². The van der Waals surface area contributed by atoms with Gasteiger partial charge in [0.05, 0.1) is 28.6 Å². The summed E-state index contributed by atoms with van der Waals surface area (Å²) in [7, 11) is 0. The molecule has 36 heavy (non-hydrogen) atoms. The molecule has 2 heterocycles. The Balaban J connectivity index is 1.51. The van der Waals surface area contributed by atoms with E-state index in [4.69, 9.17) is 4.74 Å². The number of Topliss-reactive ketones (excluding diaryl/α,β-unsaturated/α-hetero) is 1. The molecule has 188 valence electrons. The third kappa shape index (κ3) is 5.35. The average Bonchev–Trinajstić information content (AvgIpc) is 3.48. The summed E-state index contributed by atoms with van der Waals surface area (Å²) in [5.74, 6) is -0.407. The smallest absolute Gasteiger partial charge is 0.410 e. The maximum Gasteiger partial charge on any atom is 0.410 e. The highest BCUT2D eigenvalue weighted by atomic mass is 16.6. The molecule has 1 aromatic heterocycles. The molecule has 1 aliphatic rings. The number of likely N-dealkylation sites (tertiary alicyclic amines) is 1. The second-order valence-electron chi connectivity index (χ2n) is 9.57. The van der Waals surface area contributed by atoms with Crippen molar-refractivity contribution in [1.82, 2.24) is 20.2 Å². The number of nitrogens with one attached hydrogen (secondary N) is 2. The lowest BCUT2D eigenvalue weighted by atomic mass is 10.1. The maximum absolute atomic E-state index is 12.9. The molecule has 4 rings (SSSR count). The minimum Gasteiger partial charge on any atom is -0.444 e. The first-order valence-electron chi connectivity index (χ1n) is 11.6. The normalized spacial score (nSPS) is 15.6. The number of ether oxygens (including phenoxy) is 1. The highest BCUT2D eigenvalue weighted by molar-refractivity contribution is 6.07. The van der Waals surface area contributed by atoms with Gasteiger partial charge in [-0.2, -0.15) is 0 Å². The standard InChI is InChI=1S/C25H27N5O6/c1-25(2,3)36-24(33)29-12-6-11-19(29)22-27-18-10-5-9-17(21(18)28-22)23(32)26-14-20(31)15-7-4-8-16(13-15)30(34)35/h4-5,7-10,13,19H,6,11-12,14H2,1-3H3,(H,26,32)(H,27,28)/t19-/m0/s1. The molecule has 3 aromatic rings. The summed E-state index contributed by atoms with van der Waals surface area (Å²) >= 11 is 0. The first kappa shape index (κ1) is 24.8. The van der Waals surface area contributed by atoms with Crippen LogP contribution in [0.2, 0.25) is 0 Å². The quantitative estimate of drug-likeness (QED) is 0.298. The van der Waals surface area contributed by atoms with Crippen LogP contribution in [0.3, 0.4) is 0 Å². The Morgan fingerprint density at radius 2 is 1.97 bits per heavy atom. The van der Waals surface area contributed by atoms with Crippen molar-refractivity contribution in [3.8, 4) is 0 Å². The summed E-state index contributed by atoms with van der Waals surface area (Å²) in [5, 5.41) is 13.5. The van der Waals surface area contributed by atoms with Gasteiger partial charge in [0.15, 0.2) is 5.78 Å². The summed E-state index contributed by atoms with van der Waals surface area (Å²) in [6, 6.07) is 10.1. The number of carbonyl (C=O) groups is 3. The molecule has 0 bridgehead atoms. The van der Waals surface area contributed by atoms with Gasteiger partial charge in [-0.3, -0.25) is 24.6 Å². The third-order valence-corrected chi connectivity index (χ3v) is 5.76. The van der Waals surface area contributed by atoms with E-state index in [1.807, 2.05) is 20.8 Å². The largest absolute Gasteiger partial charge is 0.444 e. The molecule has 1 aliphatic heterocycles. The lowest BCUT2D eigenvalue weighted by molar-refractivity contribution is -0.384. The second-order valence-corrected chi connectivity index (χ2v) is 9.57. The number of benzene rings is 2. The predicted molar refractivity (Wildman–Crippen MR) is 131 cm³/mol. The molecule has 0 spiro atoms. The van der Waals surface area contributed by atoms with Gasteiger partial charge in [0.2, 0.25) is 0 Å². The van der Waals surface area contributed by atoms with Gasteiger partial charge in [-0.1, -0.05) is 18.2 Å². The number of fused-ring (bicyclic) bond motifs is 1. The second kappa shape index (κ2) is 9.76. The zero-order valence-electron chi connectivity index (χ0n) is 20.2. The molecule has 2 aromatic carbocycles. The van der Waals surface area contributed by atoms with Crippen LogP contribution in [0.5, 0.6) is 0 Å². The summed E-state index contributed by atoms with van der Waals surface area (Å²) in [4.78, 5) is 58.0. The van der Waals surface area contributed by atoms with Gasteiger partial charge < -0.3 is 15.0 Å². The fraction of sp³-hybridized carbons (Fsp3) is 0.360. The lowest BCUT2D eigenvalue weighted by Crippen LogP contribution is -2.36. The number of rotatable bonds is 6. The molecule has 11 nitrogen and oxygen atoms in total. The van der Waals surface area contributed by atoms with Gasteiger partial charge in [0.1, 0.15) is 16.9 Å². The Labute approximate surface area is 207 Å². The number of nitrogens with zero attached hydrogens (tertiary/aromatic N) is 3. The number of carbonyl (C=O) groups excluding carboxylic acids is 3. The summed E-state index contributed by atoms with van der Waals surface area (Å²) in [6.07, 6.45) is 1.09. The fourth-order valence-electron chi connectivity index (χ4n) is 4.13. The molecular formula is C25H27N5O6. The number of imidazole rings is 1. The highest BCUT2D eigenvalue weighted by Crippen LogP contribution is 2.33. The van der Waals surface area contributed by atoms with E-state index in [-0.39, 0.29) is 29.4 Å². The number of H-pyrrole nitrogens is 1. The zero-order valence-corrected chi connectivity index (χ0v) is 20.2. The number of ketones is 1. The summed E-state index contributed by atoms with van der Waals surface area (Å²) in [5.41, 5.74) is 0.624. The Morgan fingerprint density at radius 3 is 2.69 bits per heavy atom. The van der Waals surface area contributed by atoms with Crippen LogP contribution >= 0.6 is 0 Å². The monoisotopic (exact) mass is 493 g/mol. The number of hydrogen-bond acceptors (Lipinski definition) is 7. The minimum absolute atomic E-state index is 0.133. The molecule has 1 atom stereocenters. The van der Waals surface area contributed by atoms with E-state index in [1.54, 1.807) is 23.1 Å². The molecule has 0 unspecified atom stereocenters. The lowest BCUT2D eigenvalue weighted by Gasteiger charge is -2.27. The van der Waals surface area contributed by atoms with E-state index in [0.29, 0.717) is 29.8 Å². The SMILES string of the molecule is CC(C)(C)OC(=O)N1CCC[C@H]1c1nc2c(C(=O)NCC(=O)c3cccc([N+](=O)[O-])c3)cccc2[nH]1. The van der Waals surface area contributed by atoms with Gasteiger partial charge in [-0.05, 0) is 45.7 Å². The van der Waals surface area contributed by atoms with Crippen LogP contribution in [0.25, 0.3) is 11.0 Å². The van der Waals surface area contributed by atoms with Crippen LogP contribution in [0.1, 0.15) is 66.2 Å². The molecular weight excluding hydrogens is 466 g/mol. The van der Waals surface area contributed by atoms with Gasteiger partial charge >= 0.3 is 6.09 Å². The molecule has 2 N–H and O–H groups in total. The number of aromatic amines is 1. The van der Waals surface area contributed by atoms with Crippen LogP contribution in [-0.4, -0.2) is 56.3 Å². The van der Waals surface area contributed by atoms with E-state index in [1.165, 1.54) is 24.3 Å². The van der Waals surface area contributed by atoms with Crippen LogP contribution in [0.15, 0.2) is 42.5 Å². The van der Waals surface area contributed by atoms with E-state index in [2.05, 4.69) is 15.3 Å². The van der Waals surface area contributed by atoms with Crippen LogP contribution in [0.4, 0.5) is 10.5 Å². The number of hydrogen-bond donors (Lipinski definition) is 2. The van der Waals surface area contributed by atoms with Crippen molar-refractivity contribution in [1.29, 1.82) is 0 Å². The molecule has 11 heteroatoms. The number of nitro groups is 1. The van der Waals surface area contributed by atoms with Crippen molar-refractivity contribution < 1.29 is 24.0 Å². The van der Waals surface area contributed by atoms with Gasteiger partial charge in [-0.25, -0.2) is 9.78 Å². The molecule has 0 radical (unpaired) electrons. The number of para-hydroxylation sites is 1. The molecule has 1 fully saturated rings. The first-order chi connectivity index (χ1) is 17.0. The highest BCUT2D eigenvalue weighted by Gasteiger charge is 2.35. The fourth-order valence-corrected chi connectivity index (χ4v) is 4.13. The Morgan fingerprint density at radius 1 is 1.22 bits per heavy atom. The summed E-state index contributed by atoms with van der Waals surface area (Å²) < 4.78 is 5.53. The van der Waals surface area contributed by atoms with Crippen molar-refractivity contribution in [3.05, 3.63) is 69.5 Å². The average molecular weight is 494 g/mol. The van der Waals surface area contributed by atoms with E-state index in [0.717, 1.165) is 6.42 Å². The van der Waals surface area contributed by atoms with Crippen molar-refractivity contribution in [2.75, 3.05) is 13.1 Å².